The number of hydrogen-bond acceptors (Lipinski definition) is 5. The first-order valence-electron chi connectivity index (χ1n) is 5.04. The van der Waals surface area contributed by atoms with Crippen LogP contribution < -0.4 is 10.6 Å². The van der Waals surface area contributed by atoms with E-state index in [2.05, 4.69) is 10.1 Å². The van der Waals surface area contributed by atoms with Crippen LogP contribution in [0.5, 0.6) is 0 Å². The SMILES string of the molecule is CCOC(=O)CCNC(=O)NC(CO)C(=O)O. The van der Waals surface area contributed by atoms with Gasteiger partial charge in [0.05, 0.1) is 19.6 Å². The largest absolute Gasteiger partial charge is 0.480 e. The standard InChI is InChI=1S/C9H16N2O6/c1-2-17-7(13)3-4-10-9(16)11-6(5-12)8(14)15/h6,12H,2-5H2,1H3,(H,14,15)(H2,10,11,16). The van der Waals surface area contributed by atoms with E-state index >= 15 is 0 Å². The Hall–Kier alpha value is -1.83. The first-order valence-corrected chi connectivity index (χ1v) is 5.04. The minimum absolute atomic E-state index is 0.00186. The second-order valence-corrected chi connectivity index (χ2v) is 3.03. The Bertz CT molecular complexity index is 281. The highest BCUT2D eigenvalue weighted by molar-refractivity contribution is 5.82. The lowest BCUT2D eigenvalue weighted by Crippen LogP contribution is -2.48. The van der Waals surface area contributed by atoms with Crippen LogP contribution >= 0.6 is 0 Å². The Kier molecular flexibility index (Phi) is 7.44. The summed E-state index contributed by atoms with van der Waals surface area (Å²) in [6, 6.07) is -2.13. The van der Waals surface area contributed by atoms with Gasteiger partial charge in [0.2, 0.25) is 0 Å². The zero-order valence-electron chi connectivity index (χ0n) is 9.43. The van der Waals surface area contributed by atoms with Gasteiger partial charge in [0.15, 0.2) is 6.04 Å². The first-order chi connectivity index (χ1) is 8.01. The summed E-state index contributed by atoms with van der Waals surface area (Å²) in [5, 5.41) is 21.4. The molecule has 98 valence electrons. The summed E-state index contributed by atoms with van der Waals surface area (Å²) in [4.78, 5) is 32.4. The van der Waals surface area contributed by atoms with Gasteiger partial charge in [0, 0.05) is 6.54 Å². The maximum atomic E-state index is 11.1. The van der Waals surface area contributed by atoms with Crippen molar-refractivity contribution in [1.82, 2.24) is 10.6 Å². The molecule has 1 atom stereocenters. The van der Waals surface area contributed by atoms with Gasteiger partial charge in [-0.25, -0.2) is 9.59 Å². The van der Waals surface area contributed by atoms with Gasteiger partial charge in [-0.1, -0.05) is 0 Å². The highest BCUT2D eigenvalue weighted by atomic mass is 16.5. The summed E-state index contributed by atoms with van der Waals surface area (Å²) < 4.78 is 4.62. The van der Waals surface area contributed by atoms with E-state index in [4.69, 9.17) is 10.2 Å². The summed E-state index contributed by atoms with van der Waals surface area (Å²) in [6.45, 7) is 1.25. The number of aliphatic carboxylic acids is 1. The summed E-state index contributed by atoms with van der Waals surface area (Å²) in [5.41, 5.74) is 0. The third kappa shape index (κ3) is 7.12. The molecule has 17 heavy (non-hydrogen) atoms. The van der Waals surface area contributed by atoms with Crippen molar-refractivity contribution in [3.63, 3.8) is 0 Å². The molecule has 0 aliphatic heterocycles. The van der Waals surface area contributed by atoms with E-state index in [1.165, 1.54) is 0 Å². The lowest BCUT2D eigenvalue weighted by Gasteiger charge is -2.12. The van der Waals surface area contributed by atoms with Crippen molar-refractivity contribution in [3.8, 4) is 0 Å². The quantitative estimate of drug-likeness (QED) is 0.414. The van der Waals surface area contributed by atoms with Crippen LogP contribution in [-0.4, -0.2) is 54.0 Å². The molecule has 2 amide bonds. The third-order valence-electron chi connectivity index (χ3n) is 1.71. The number of carbonyl (C=O) groups excluding carboxylic acids is 2. The molecule has 0 rings (SSSR count). The van der Waals surface area contributed by atoms with Crippen molar-refractivity contribution >= 4 is 18.0 Å². The van der Waals surface area contributed by atoms with Gasteiger partial charge >= 0.3 is 18.0 Å². The van der Waals surface area contributed by atoms with Crippen LogP contribution in [0.1, 0.15) is 13.3 Å². The molecule has 0 aromatic carbocycles. The molecule has 0 radical (unpaired) electrons. The number of nitrogens with one attached hydrogen (secondary N) is 2. The molecule has 0 heterocycles. The fourth-order valence-corrected chi connectivity index (χ4v) is 0.906. The number of carboxylic acid groups (broad SMARTS) is 1. The molecule has 8 nitrogen and oxygen atoms in total. The van der Waals surface area contributed by atoms with E-state index in [9.17, 15) is 14.4 Å². The Balaban J connectivity index is 3.79. The lowest BCUT2D eigenvalue weighted by molar-refractivity contribution is -0.143. The van der Waals surface area contributed by atoms with E-state index in [1.54, 1.807) is 6.92 Å². The number of amides is 2. The Morgan fingerprint density at radius 2 is 2.00 bits per heavy atom. The van der Waals surface area contributed by atoms with E-state index in [-0.39, 0.29) is 19.6 Å². The maximum absolute atomic E-state index is 11.1. The number of aliphatic hydroxyl groups is 1. The van der Waals surface area contributed by atoms with Crippen molar-refractivity contribution in [1.29, 1.82) is 0 Å². The van der Waals surface area contributed by atoms with Gasteiger partial charge in [-0.05, 0) is 6.92 Å². The summed E-state index contributed by atoms with van der Waals surface area (Å²) in [7, 11) is 0. The van der Waals surface area contributed by atoms with Crippen molar-refractivity contribution < 1.29 is 29.3 Å². The van der Waals surface area contributed by atoms with Crippen LogP contribution in [0.2, 0.25) is 0 Å². The van der Waals surface area contributed by atoms with Crippen LogP contribution in [0.3, 0.4) is 0 Å². The van der Waals surface area contributed by atoms with Gasteiger partial charge in [-0.15, -0.1) is 0 Å². The molecule has 0 aliphatic carbocycles. The molecule has 0 aromatic heterocycles. The van der Waals surface area contributed by atoms with Crippen molar-refractivity contribution in [2.75, 3.05) is 19.8 Å². The van der Waals surface area contributed by atoms with Crippen LogP contribution in [0.15, 0.2) is 0 Å². The molecular formula is C9H16N2O6. The fraction of sp³-hybridized carbons (Fsp3) is 0.667. The van der Waals surface area contributed by atoms with E-state index in [0.29, 0.717) is 0 Å². The van der Waals surface area contributed by atoms with Crippen molar-refractivity contribution in [3.05, 3.63) is 0 Å². The van der Waals surface area contributed by atoms with E-state index in [0.717, 1.165) is 0 Å². The smallest absolute Gasteiger partial charge is 0.328 e. The fourth-order valence-electron chi connectivity index (χ4n) is 0.906. The predicted molar refractivity (Wildman–Crippen MR) is 56.3 cm³/mol. The molecule has 0 aliphatic rings. The molecule has 0 saturated carbocycles. The van der Waals surface area contributed by atoms with Crippen molar-refractivity contribution in [2.24, 2.45) is 0 Å². The zero-order valence-corrected chi connectivity index (χ0v) is 9.43. The number of urea groups is 1. The molecule has 0 saturated heterocycles. The van der Waals surface area contributed by atoms with Gasteiger partial charge in [-0.3, -0.25) is 4.79 Å². The molecule has 0 bridgehead atoms. The molecule has 0 aromatic rings. The Morgan fingerprint density at radius 3 is 2.47 bits per heavy atom. The second-order valence-electron chi connectivity index (χ2n) is 3.03. The van der Waals surface area contributed by atoms with Crippen LogP contribution in [-0.2, 0) is 14.3 Å². The number of hydrogen-bond donors (Lipinski definition) is 4. The normalized spacial score (nSPS) is 11.4. The summed E-state index contributed by atoms with van der Waals surface area (Å²) >= 11 is 0. The summed E-state index contributed by atoms with van der Waals surface area (Å²) in [5.74, 6) is -1.79. The zero-order chi connectivity index (χ0) is 13.3. The topological polar surface area (TPSA) is 125 Å². The second kappa shape index (κ2) is 8.34. The average molecular weight is 248 g/mol. The third-order valence-corrected chi connectivity index (χ3v) is 1.71. The summed E-state index contributed by atoms with van der Waals surface area (Å²) in [6.07, 6.45) is -0.00186. The van der Waals surface area contributed by atoms with Crippen molar-refractivity contribution in [2.45, 2.75) is 19.4 Å². The number of rotatable bonds is 7. The number of carbonyl (C=O) groups is 3. The number of carboxylic acids is 1. The first kappa shape index (κ1) is 15.2. The number of esters is 1. The lowest BCUT2D eigenvalue weighted by atomic mass is 10.3. The molecular weight excluding hydrogens is 232 g/mol. The molecule has 4 N–H and O–H groups in total. The monoisotopic (exact) mass is 248 g/mol. The highest BCUT2D eigenvalue weighted by Crippen LogP contribution is 1.85. The van der Waals surface area contributed by atoms with Crippen LogP contribution in [0.25, 0.3) is 0 Å². The number of aliphatic hydroxyl groups excluding tert-OH is 1. The maximum Gasteiger partial charge on any atom is 0.328 e. The van der Waals surface area contributed by atoms with Crippen LogP contribution in [0, 0.1) is 0 Å². The Labute approximate surface area is 97.9 Å². The van der Waals surface area contributed by atoms with Gasteiger partial charge in [0.25, 0.3) is 0 Å². The predicted octanol–water partition coefficient (Wildman–Crippen LogP) is -1.32. The minimum atomic E-state index is -1.36. The van der Waals surface area contributed by atoms with E-state index in [1.807, 2.05) is 5.32 Å². The van der Waals surface area contributed by atoms with E-state index < -0.39 is 30.6 Å². The average Bonchev–Trinajstić information content (AvgIpc) is 2.25. The Morgan fingerprint density at radius 1 is 1.35 bits per heavy atom. The molecule has 8 heteroatoms. The van der Waals surface area contributed by atoms with Gasteiger partial charge < -0.3 is 25.6 Å². The van der Waals surface area contributed by atoms with Crippen LogP contribution in [0.4, 0.5) is 4.79 Å². The van der Waals surface area contributed by atoms with Gasteiger partial charge in [-0.2, -0.15) is 0 Å². The molecule has 1 unspecified atom stereocenters. The minimum Gasteiger partial charge on any atom is -0.480 e. The van der Waals surface area contributed by atoms with Gasteiger partial charge in [0.1, 0.15) is 0 Å². The highest BCUT2D eigenvalue weighted by Gasteiger charge is 2.18. The molecule has 0 spiro atoms. The number of ether oxygens (including phenoxy) is 1. The molecule has 0 fully saturated rings.